The highest BCUT2D eigenvalue weighted by Gasteiger charge is 2.44. The van der Waals surface area contributed by atoms with Gasteiger partial charge in [0.1, 0.15) is 0 Å². The van der Waals surface area contributed by atoms with Crippen LogP contribution in [0.5, 0.6) is 0 Å². The summed E-state index contributed by atoms with van der Waals surface area (Å²) in [5, 5.41) is 2.71. The van der Waals surface area contributed by atoms with Crippen LogP contribution >= 0.6 is 0 Å². The number of nitrogens with zero attached hydrogens (tertiary/aromatic N) is 1. The fourth-order valence-electron chi connectivity index (χ4n) is 3.57. The molecule has 1 saturated heterocycles. The van der Waals surface area contributed by atoms with Gasteiger partial charge in [-0.15, -0.1) is 0 Å². The lowest BCUT2D eigenvalue weighted by atomic mass is 9.98. The third-order valence-electron chi connectivity index (χ3n) is 4.98. The highest BCUT2D eigenvalue weighted by molar-refractivity contribution is 7.89. The normalized spacial score (nSPS) is 27.8. The van der Waals surface area contributed by atoms with Gasteiger partial charge in [-0.2, -0.15) is 4.31 Å². The lowest BCUT2D eigenvalue weighted by Crippen LogP contribution is -2.33. The third kappa shape index (κ3) is 3.13. The average molecular weight is 337 g/mol. The van der Waals surface area contributed by atoms with Gasteiger partial charge in [0.05, 0.1) is 4.90 Å². The Morgan fingerprint density at radius 2 is 1.96 bits per heavy atom. The Labute approximate surface area is 137 Å². The SMILES string of the molecule is CCC(=O)Nc1ccc(S(=O)(=O)N2CC3CCC(N)C3C2)cc1. The van der Waals surface area contributed by atoms with Gasteiger partial charge in [0, 0.05) is 31.2 Å². The molecule has 1 amide bonds. The molecule has 1 aliphatic heterocycles. The number of anilines is 1. The zero-order valence-corrected chi connectivity index (χ0v) is 14.1. The fraction of sp³-hybridized carbons (Fsp3) is 0.562. The van der Waals surface area contributed by atoms with Crippen LogP contribution < -0.4 is 11.1 Å². The average Bonchev–Trinajstić information content (AvgIpc) is 3.11. The first-order chi connectivity index (χ1) is 10.9. The molecule has 23 heavy (non-hydrogen) atoms. The summed E-state index contributed by atoms with van der Waals surface area (Å²) in [6.45, 7) is 2.85. The first kappa shape index (κ1) is 16.4. The second kappa shape index (κ2) is 6.22. The van der Waals surface area contributed by atoms with Gasteiger partial charge >= 0.3 is 0 Å². The van der Waals surface area contributed by atoms with Crippen molar-refractivity contribution in [2.24, 2.45) is 17.6 Å². The first-order valence-corrected chi connectivity index (χ1v) is 9.51. The van der Waals surface area contributed by atoms with E-state index in [9.17, 15) is 13.2 Å². The van der Waals surface area contributed by atoms with Crippen LogP contribution in [0, 0.1) is 11.8 Å². The van der Waals surface area contributed by atoms with Gasteiger partial charge in [0.15, 0.2) is 0 Å². The minimum absolute atomic E-state index is 0.0954. The molecule has 3 N–H and O–H groups in total. The molecule has 1 aliphatic carbocycles. The number of benzene rings is 1. The van der Waals surface area contributed by atoms with Gasteiger partial charge in [0.2, 0.25) is 15.9 Å². The molecule has 1 saturated carbocycles. The number of nitrogens with one attached hydrogen (secondary N) is 1. The maximum atomic E-state index is 12.8. The smallest absolute Gasteiger partial charge is 0.243 e. The van der Waals surface area contributed by atoms with Crippen LogP contribution in [0.15, 0.2) is 29.2 Å². The maximum Gasteiger partial charge on any atom is 0.243 e. The van der Waals surface area contributed by atoms with Gasteiger partial charge in [0.25, 0.3) is 0 Å². The summed E-state index contributed by atoms with van der Waals surface area (Å²) in [6.07, 6.45) is 2.39. The lowest BCUT2D eigenvalue weighted by Gasteiger charge is -2.18. The molecular weight excluding hydrogens is 314 g/mol. The van der Waals surface area contributed by atoms with E-state index in [-0.39, 0.29) is 22.8 Å². The number of hydrogen-bond donors (Lipinski definition) is 2. The first-order valence-electron chi connectivity index (χ1n) is 8.07. The fourth-order valence-corrected chi connectivity index (χ4v) is 5.11. The number of fused-ring (bicyclic) bond motifs is 1. The zero-order chi connectivity index (χ0) is 16.6. The molecule has 7 heteroatoms. The molecule has 0 bridgehead atoms. The molecule has 0 radical (unpaired) electrons. The van der Waals surface area contributed by atoms with Crippen molar-refractivity contribution < 1.29 is 13.2 Å². The van der Waals surface area contributed by atoms with Crippen LogP contribution in [0.25, 0.3) is 0 Å². The minimum atomic E-state index is -3.49. The molecule has 6 nitrogen and oxygen atoms in total. The molecule has 3 unspecified atom stereocenters. The molecular formula is C16H23N3O3S. The van der Waals surface area contributed by atoms with Crippen molar-refractivity contribution in [3.05, 3.63) is 24.3 Å². The summed E-state index contributed by atoms with van der Waals surface area (Å²) in [5.41, 5.74) is 6.69. The molecule has 3 rings (SSSR count). The number of carbonyl (C=O) groups is 1. The van der Waals surface area contributed by atoms with Crippen LogP contribution in [0.4, 0.5) is 5.69 Å². The molecule has 1 aromatic carbocycles. The quantitative estimate of drug-likeness (QED) is 0.868. The van der Waals surface area contributed by atoms with Crippen LogP contribution in [0.1, 0.15) is 26.2 Å². The van der Waals surface area contributed by atoms with Crippen molar-refractivity contribution in [1.82, 2.24) is 4.31 Å². The monoisotopic (exact) mass is 337 g/mol. The van der Waals surface area contributed by atoms with Gasteiger partial charge in [-0.1, -0.05) is 6.92 Å². The van der Waals surface area contributed by atoms with Gasteiger partial charge < -0.3 is 11.1 Å². The molecule has 3 atom stereocenters. The molecule has 126 valence electrons. The van der Waals surface area contributed by atoms with Crippen LogP contribution in [0.3, 0.4) is 0 Å². The topological polar surface area (TPSA) is 92.5 Å². The van der Waals surface area contributed by atoms with E-state index < -0.39 is 10.0 Å². The number of amides is 1. The van der Waals surface area contributed by atoms with Crippen LogP contribution in [-0.4, -0.2) is 37.8 Å². The van der Waals surface area contributed by atoms with Crippen molar-refractivity contribution in [3.63, 3.8) is 0 Å². The third-order valence-corrected chi connectivity index (χ3v) is 6.82. The summed E-state index contributed by atoms with van der Waals surface area (Å²) in [7, 11) is -3.49. The van der Waals surface area contributed by atoms with Gasteiger partial charge in [-0.05, 0) is 48.9 Å². The Bertz CT molecular complexity index is 687. The standard InChI is InChI=1S/C16H23N3O3S/c1-2-16(20)18-12-4-6-13(7-5-12)23(21,22)19-9-11-3-8-15(17)14(11)10-19/h4-7,11,14-15H,2-3,8-10,17H2,1H3,(H,18,20). The Morgan fingerprint density at radius 1 is 1.26 bits per heavy atom. The van der Waals surface area contributed by atoms with E-state index in [0.717, 1.165) is 12.8 Å². The Hall–Kier alpha value is -1.44. The Morgan fingerprint density at radius 3 is 2.57 bits per heavy atom. The second-order valence-electron chi connectivity index (χ2n) is 6.41. The number of carbonyl (C=O) groups excluding carboxylic acids is 1. The van der Waals surface area contributed by atoms with E-state index in [1.54, 1.807) is 35.5 Å². The van der Waals surface area contributed by atoms with E-state index in [1.807, 2.05) is 0 Å². The molecule has 0 aromatic heterocycles. The molecule has 0 spiro atoms. The lowest BCUT2D eigenvalue weighted by molar-refractivity contribution is -0.115. The van der Waals surface area contributed by atoms with Gasteiger partial charge in [-0.3, -0.25) is 4.79 Å². The predicted molar refractivity (Wildman–Crippen MR) is 88.3 cm³/mol. The van der Waals surface area contributed by atoms with Gasteiger partial charge in [-0.25, -0.2) is 8.42 Å². The summed E-state index contributed by atoms with van der Waals surface area (Å²) < 4.78 is 27.1. The van der Waals surface area contributed by atoms with Crippen molar-refractivity contribution in [2.75, 3.05) is 18.4 Å². The highest BCUT2D eigenvalue weighted by atomic mass is 32.2. The highest BCUT2D eigenvalue weighted by Crippen LogP contribution is 2.39. The number of sulfonamides is 1. The van der Waals surface area contributed by atoms with E-state index in [0.29, 0.717) is 31.1 Å². The van der Waals surface area contributed by atoms with Crippen molar-refractivity contribution >= 4 is 21.6 Å². The van der Waals surface area contributed by atoms with E-state index in [2.05, 4.69) is 5.32 Å². The summed E-state index contributed by atoms with van der Waals surface area (Å²) in [5.74, 6) is 0.581. The van der Waals surface area contributed by atoms with E-state index in [4.69, 9.17) is 5.73 Å². The molecule has 1 aromatic rings. The second-order valence-corrected chi connectivity index (χ2v) is 8.35. The minimum Gasteiger partial charge on any atom is -0.327 e. The largest absolute Gasteiger partial charge is 0.327 e. The maximum absolute atomic E-state index is 12.8. The molecule has 2 aliphatic rings. The van der Waals surface area contributed by atoms with Crippen LogP contribution in [0.2, 0.25) is 0 Å². The van der Waals surface area contributed by atoms with E-state index >= 15 is 0 Å². The number of nitrogens with two attached hydrogens (primary N) is 1. The Balaban J connectivity index is 1.74. The zero-order valence-electron chi connectivity index (χ0n) is 13.2. The summed E-state index contributed by atoms with van der Waals surface area (Å²) >= 11 is 0. The van der Waals surface area contributed by atoms with Crippen molar-refractivity contribution in [2.45, 2.75) is 37.1 Å². The molecule has 1 heterocycles. The van der Waals surface area contributed by atoms with Crippen molar-refractivity contribution in [3.8, 4) is 0 Å². The number of hydrogen-bond acceptors (Lipinski definition) is 4. The van der Waals surface area contributed by atoms with Crippen LogP contribution in [-0.2, 0) is 14.8 Å². The van der Waals surface area contributed by atoms with E-state index in [1.165, 1.54) is 0 Å². The number of rotatable bonds is 4. The molecule has 2 fully saturated rings. The predicted octanol–water partition coefficient (Wildman–Crippen LogP) is 1.39. The summed E-state index contributed by atoms with van der Waals surface area (Å²) in [4.78, 5) is 11.6. The Kier molecular flexibility index (Phi) is 4.44. The van der Waals surface area contributed by atoms with Crippen molar-refractivity contribution in [1.29, 1.82) is 0 Å². The summed E-state index contributed by atoms with van der Waals surface area (Å²) in [6, 6.07) is 6.47.